The number of aryl methyl sites for hydroxylation is 1. The molecule has 0 radical (unpaired) electrons. The fraction of sp³-hybridized carbons (Fsp3) is 0.800. The molecule has 0 aromatic carbocycles. The Labute approximate surface area is 111 Å². The Hall–Kier alpha value is -0.830. The van der Waals surface area contributed by atoms with E-state index in [1.54, 1.807) is 0 Å². The fourth-order valence-corrected chi connectivity index (χ4v) is 3.14. The standard InChI is InChI=1S/C15H27N3/c1-3-16-15(14-8-6-5-7-9-14)10-13-11-17-18(4-2)12-13/h11-12,14-16H,3-10H2,1-2H3. The third kappa shape index (κ3) is 3.58. The lowest BCUT2D eigenvalue weighted by Gasteiger charge is -2.30. The maximum Gasteiger partial charge on any atom is 0.0522 e. The zero-order valence-electron chi connectivity index (χ0n) is 11.9. The summed E-state index contributed by atoms with van der Waals surface area (Å²) in [5.74, 6) is 0.865. The predicted octanol–water partition coefficient (Wildman–Crippen LogP) is 3.00. The molecule has 1 heterocycles. The van der Waals surface area contributed by atoms with Gasteiger partial charge in [-0.15, -0.1) is 0 Å². The third-order valence-corrected chi connectivity index (χ3v) is 4.15. The Bertz CT molecular complexity index is 339. The summed E-state index contributed by atoms with van der Waals surface area (Å²) in [7, 11) is 0. The van der Waals surface area contributed by atoms with Crippen LogP contribution < -0.4 is 5.32 Å². The molecule has 18 heavy (non-hydrogen) atoms. The second-order valence-corrected chi connectivity index (χ2v) is 5.47. The smallest absolute Gasteiger partial charge is 0.0522 e. The molecule has 0 amide bonds. The minimum atomic E-state index is 0.643. The van der Waals surface area contributed by atoms with Crippen LogP contribution in [0.3, 0.4) is 0 Å². The lowest BCUT2D eigenvalue weighted by Crippen LogP contribution is -2.38. The number of nitrogens with one attached hydrogen (secondary N) is 1. The van der Waals surface area contributed by atoms with Crippen LogP contribution in [0.2, 0.25) is 0 Å². The van der Waals surface area contributed by atoms with Gasteiger partial charge in [0.05, 0.1) is 6.20 Å². The van der Waals surface area contributed by atoms with E-state index in [-0.39, 0.29) is 0 Å². The SMILES string of the molecule is CCNC(Cc1cnn(CC)c1)C1CCCCC1. The van der Waals surface area contributed by atoms with Crippen molar-refractivity contribution in [2.24, 2.45) is 5.92 Å². The number of likely N-dealkylation sites (N-methyl/N-ethyl adjacent to an activating group) is 1. The van der Waals surface area contributed by atoms with Gasteiger partial charge in [-0.3, -0.25) is 4.68 Å². The van der Waals surface area contributed by atoms with Crippen LogP contribution in [-0.2, 0) is 13.0 Å². The molecule has 1 saturated carbocycles. The first kappa shape index (κ1) is 13.6. The summed E-state index contributed by atoms with van der Waals surface area (Å²) in [4.78, 5) is 0. The zero-order valence-corrected chi connectivity index (χ0v) is 11.9. The molecule has 1 unspecified atom stereocenters. The Kier molecular flexibility index (Phi) is 5.24. The Balaban J connectivity index is 1.95. The second-order valence-electron chi connectivity index (χ2n) is 5.47. The van der Waals surface area contributed by atoms with Gasteiger partial charge in [-0.05, 0) is 44.2 Å². The van der Waals surface area contributed by atoms with Gasteiger partial charge in [-0.2, -0.15) is 5.10 Å². The van der Waals surface area contributed by atoms with Crippen LogP contribution in [-0.4, -0.2) is 22.4 Å². The van der Waals surface area contributed by atoms with Crippen molar-refractivity contribution in [3.63, 3.8) is 0 Å². The highest BCUT2D eigenvalue weighted by Gasteiger charge is 2.23. The number of hydrogen-bond acceptors (Lipinski definition) is 2. The van der Waals surface area contributed by atoms with Crippen molar-refractivity contribution in [1.82, 2.24) is 15.1 Å². The van der Waals surface area contributed by atoms with Crippen molar-refractivity contribution in [3.8, 4) is 0 Å². The largest absolute Gasteiger partial charge is 0.314 e. The summed E-state index contributed by atoms with van der Waals surface area (Å²) in [6.07, 6.45) is 12.5. The molecular weight excluding hydrogens is 222 g/mol. The van der Waals surface area contributed by atoms with Gasteiger partial charge in [-0.1, -0.05) is 26.2 Å². The van der Waals surface area contributed by atoms with E-state index < -0.39 is 0 Å². The molecule has 0 aliphatic heterocycles. The molecule has 1 atom stereocenters. The summed E-state index contributed by atoms with van der Waals surface area (Å²) >= 11 is 0. The zero-order chi connectivity index (χ0) is 12.8. The molecule has 1 aromatic heterocycles. The van der Waals surface area contributed by atoms with Crippen LogP contribution in [0.25, 0.3) is 0 Å². The van der Waals surface area contributed by atoms with Gasteiger partial charge >= 0.3 is 0 Å². The van der Waals surface area contributed by atoms with Crippen LogP contribution in [0.5, 0.6) is 0 Å². The molecule has 3 heteroatoms. The lowest BCUT2D eigenvalue weighted by molar-refractivity contribution is 0.269. The average Bonchev–Trinajstić information content (AvgIpc) is 2.87. The van der Waals surface area contributed by atoms with E-state index in [2.05, 4.69) is 30.5 Å². The molecule has 0 spiro atoms. The Morgan fingerprint density at radius 2 is 2.11 bits per heavy atom. The van der Waals surface area contributed by atoms with Crippen molar-refractivity contribution in [2.75, 3.05) is 6.54 Å². The van der Waals surface area contributed by atoms with E-state index in [4.69, 9.17) is 0 Å². The Morgan fingerprint density at radius 1 is 1.33 bits per heavy atom. The number of hydrogen-bond donors (Lipinski definition) is 1. The normalized spacial score (nSPS) is 19.0. The monoisotopic (exact) mass is 249 g/mol. The highest BCUT2D eigenvalue weighted by molar-refractivity contribution is 5.07. The first-order valence-electron chi connectivity index (χ1n) is 7.58. The summed E-state index contributed by atoms with van der Waals surface area (Å²) in [5, 5.41) is 8.07. The minimum absolute atomic E-state index is 0.643. The first-order chi connectivity index (χ1) is 8.83. The van der Waals surface area contributed by atoms with Gasteiger partial charge in [0.1, 0.15) is 0 Å². The van der Waals surface area contributed by atoms with E-state index in [1.165, 1.54) is 37.7 Å². The van der Waals surface area contributed by atoms with Crippen molar-refractivity contribution in [1.29, 1.82) is 0 Å². The first-order valence-corrected chi connectivity index (χ1v) is 7.58. The van der Waals surface area contributed by atoms with Gasteiger partial charge in [0.25, 0.3) is 0 Å². The number of aromatic nitrogens is 2. The summed E-state index contributed by atoms with van der Waals surface area (Å²) in [5.41, 5.74) is 1.38. The molecule has 1 aliphatic carbocycles. The highest BCUT2D eigenvalue weighted by Crippen LogP contribution is 2.28. The summed E-state index contributed by atoms with van der Waals surface area (Å²) in [6.45, 7) is 6.39. The van der Waals surface area contributed by atoms with Crippen molar-refractivity contribution >= 4 is 0 Å². The molecule has 102 valence electrons. The molecule has 0 bridgehead atoms. The van der Waals surface area contributed by atoms with Crippen molar-refractivity contribution in [2.45, 2.75) is 65.0 Å². The van der Waals surface area contributed by atoms with Gasteiger partial charge < -0.3 is 5.32 Å². The van der Waals surface area contributed by atoms with Crippen LogP contribution in [0.1, 0.15) is 51.5 Å². The number of rotatable bonds is 6. The van der Waals surface area contributed by atoms with Gasteiger partial charge in [0.2, 0.25) is 0 Å². The van der Waals surface area contributed by atoms with Crippen LogP contribution in [0.4, 0.5) is 0 Å². The molecule has 2 rings (SSSR count). The highest BCUT2D eigenvalue weighted by atomic mass is 15.3. The maximum absolute atomic E-state index is 4.38. The minimum Gasteiger partial charge on any atom is -0.314 e. The molecular formula is C15H27N3. The molecule has 1 N–H and O–H groups in total. The van der Waals surface area contributed by atoms with Crippen LogP contribution in [0.15, 0.2) is 12.4 Å². The van der Waals surface area contributed by atoms with E-state index in [1.807, 2.05) is 10.9 Å². The van der Waals surface area contributed by atoms with E-state index in [9.17, 15) is 0 Å². The van der Waals surface area contributed by atoms with Crippen LogP contribution in [0, 0.1) is 5.92 Å². The molecule has 0 saturated heterocycles. The molecule has 1 aliphatic rings. The van der Waals surface area contributed by atoms with Gasteiger partial charge in [-0.25, -0.2) is 0 Å². The van der Waals surface area contributed by atoms with Crippen LogP contribution >= 0.6 is 0 Å². The molecule has 1 aromatic rings. The average molecular weight is 249 g/mol. The van der Waals surface area contributed by atoms with E-state index in [0.717, 1.165) is 25.4 Å². The van der Waals surface area contributed by atoms with Crippen molar-refractivity contribution < 1.29 is 0 Å². The van der Waals surface area contributed by atoms with Gasteiger partial charge in [0.15, 0.2) is 0 Å². The fourth-order valence-electron chi connectivity index (χ4n) is 3.14. The quantitative estimate of drug-likeness (QED) is 0.840. The topological polar surface area (TPSA) is 29.9 Å². The van der Waals surface area contributed by atoms with Crippen molar-refractivity contribution in [3.05, 3.63) is 18.0 Å². The predicted molar refractivity (Wildman–Crippen MR) is 75.6 cm³/mol. The van der Waals surface area contributed by atoms with E-state index >= 15 is 0 Å². The van der Waals surface area contributed by atoms with E-state index in [0.29, 0.717) is 6.04 Å². The summed E-state index contributed by atoms with van der Waals surface area (Å²) < 4.78 is 2.03. The summed E-state index contributed by atoms with van der Waals surface area (Å²) in [6, 6.07) is 0.643. The second kappa shape index (κ2) is 6.93. The third-order valence-electron chi connectivity index (χ3n) is 4.15. The Morgan fingerprint density at radius 3 is 2.72 bits per heavy atom. The maximum atomic E-state index is 4.38. The molecule has 1 fully saturated rings. The number of nitrogens with zero attached hydrogens (tertiary/aromatic N) is 2. The van der Waals surface area contributed by atoms with Gasteiger partial charge in [0, 0.05) is 18.8 Å². The molecule has 3 nitrogen and oxygen atoms in total. The lowest BCUT2D eigenvalue weighted by atomic mass is 9.82.